The number of hydrogen-bond donors (Lipinski definition) is 1. The first kappa shape index (κ1) is 16.7. The minimum absolute atomic E-state index is 0.669. The molecule has 2 aromatic heterocycles. The first-order valence-electron chi connectivity index (χ1n) is 7.99. The highest BCUT2D eigenvalue weighted by atomic mass is 35.5. The van der Waals surface area contributed by atoms with Crippen LogP contribution < -0.4 is 5.32 Å². The number of rotatable bonds is 6. The molecule has 0 bridgehead atoms. The molecule has 0 spiro atoms. The van der Waals surface area contributed by atoms with Gasteiger partial charge < -0.3 is 10.2 Å². The highest BCUT2D eigenvalue weighted by Crippen LogP contribution is 2.23. The summed E-state index contributed by atoms with van der Waals surface area (Å²) >= 11 is 6.10. The third kappa shape index (κ3) is 3.49. The molecule has 0 aliphatic carbocycles. The Hall–Kier alpha value is -2.18. The molecule has 0 aliphatic heterocycles. The minimum Gasteiger partial charge on any atom is -0.368 e. The van der Waals surface area contributed by atoms with Crippen LogP contribution in [0.5, 0.6) is 0 Å². The standard InChI is InChI=1S/C17H21ClN6/c1-4-23(3)9-8-19-16-15-11-20-24(17(15)22-12(2)21-16)14-7-5-6-13(18)10-14/h5-7,10-11H,4,8-9H2,1-3H3,(H,19,21,22). The van der Waals surface area contributed by atoms with Crippen LogP contribution in [-0.2, 0) is 0 Å². The second kappa shape index (κ2) is 7.15. The lowest BCUT2D eigenvalue weighted by Gasteiger charge is -2.14. The van der Waals surface area contributed by atoms with E-state index in [2.05, 4.69) is 39.3 Å². The number of likely N-dealkylation sites (N-methyl/N-ethyl adjacent to an activating group) is 1. The average Bonchev–Trinajstić information content (AvgIpc) is 2.98. The molecule has 3 rings (SSSR count). The van der Waals surface area contributed by atoms with Gasteiger partial charge in [-0.15, -0.1) is 0 Å². The Morgan fingerprint density at radius 2 is 2.12 bits per heavy atom. The van der Waals surface area contributed by atoms with Crippen molar-refractivity contribution in [2.24, 2.45) is 0 Å². The quantitative estimate of drug-likeness (QED) is 0.744. The van der Waals surface area contributed by atoms with Gasteiger partial charge >= 0.3 is 0 Å². The second-order valence-electron chi connectivity index (χ2n) is 5.72. The van der Waals surface area contributed by atoms with Crippen molar-refractivity contribution in [3.8, 4) is 5.69 Å². The fraction of sp³-hybridized carbons (Fsp3) is 0.353. The normalized spacial score (nSPS) is 11.4. The molecule has 0 fully saturated rings. The van der Waals surface area contributed by atoms with E-state index in [1.807, 2.05) is 31.2 Å². The summed E-state index contributed by atoms with van der Waals surface area (Å²) in [6.45, 7) is 6.81. The van der Waals surface area contributed by atoms with Crippen LogP contribution >= 0.6 is 11.6 Å². The number of nitrogens with one attached hydrogen (secondary N) is 1. The van der Waals surface area contributed by atoms with Crippen LogP contribution in [0, 0.1) is 6.92 Å². The van der Waals surface area contributed by atoms with Gasteiger partial charge in [-0.2, -0.15) is 5.10 Å². The SMILES string of the molecule is CCN(C)CCNc1nc(C)nc2c1cnn2-c1cccc(Cl)c1. The van der Waals surface area contributed by atoms with Gasteiger partial charge in [0.25, 0.3) is 0 Å². The zero-order valence-electron chi connectivity index (χ0n) is 14.1. The van der Waals surface area contributed by atoms with Gasteiger partial charge in [0.15, 0.2) is 5.65 Å². The molecule has 0 saturated heterocycles. The Bertz CT molecular complexity index is 844. The Kier molecular flexibility index (Phi) is 4.97. The summed E-state index contributed by atoms with van der Waals surface area (Å²) in [5, 5.41) is 9.44. The average molecular weight is 345 g/mol. The van der Waals surface area contributed by atoms with Crippen molar-refractivity contribution in [2.75, 3.05) is 32.0 Å². The van der Waals surface area contributed by atoms with Gasteiger partial charge in [-0.3, -0.25) is 0 Å². The molecule has 0 aliphatic rings. The van der Waals surface area contributed by atoms with Crippen molar-refractivity contribution in [3.63, 3.8) is 0 Å². The van der Waals surface area contributed by atoms with E-state index in [-0.39, 0.29) is 0 Å². The number of benzene rings is 1. The summed E-state index contributed by atoms with van der Waals surface area (Å²) in [7, 11) is 2.10. The third-order valence-electron chi connectivity index (χ3n) is 3.92. The Balaban J connectivity index is 1.95. The highest BCUT2D eigenvalue weighted by molar-refractivity contribution is 6.30. The van der Waals surface area contributed by atoms with Crippen LogP contribution in [0.15, 0.2) is 30.5 Å². The number of hydrogen-bond acceptors (Lipinski definition) is 5. The predicted octanol–water partition coefficient (Wildman–Crippen LogP) is 3.14. The summed E-state index contributed by atoms with van der Waals surface area (Å²) in [6, 6.07) is 7.57. The number of aromatic nitrogens is 4. The lowest BCUT2D eigenvalue weighted by Crippen LogP contribution is -2.25. The number of nitrogens with zero attached hydrogens (tertiary/aromatic N) is 5. The zero-order valence-corrected chi connectivity index (χ0v) is 14.9. The van der Waals surface area contributed by atoms with Gasteiger partial charge in [0.05, 0.1) is 17.3 Å². The molecule has 0 unspecified atom stereocenters. The molecule has 7 heteroatoms. The van der Waals surface area contributed by atoms with Crippen molar-refractivity contribution in [3.05, 3.63) is 41.3 Å². The summed E-state index contributed by atoms with van der Waals surface area (Å²) < 4.78 is 1.79. The molecule has 1 N–H and O–H groups in total. The largest absolute Gasteiger partial charge is 0.368 e. The van der Waals surface area contributed by atoms with Gasteiger partial charge in [-0.05, 0) is 38.7 Å². The third-order valence-corrected chi connectivity index (χ3v) is 4.15. The molecule has 0 amide bonds. The van der Waals surface area contributed by atoms with Crippen molar-refractivity contribution in [1.29, 1.82) is 0 Å². The fourth-order valence-corrected chi connectivity index (χ4v) is 2.66. The van der Waals surface area contributed by atoms with Gasteiger partial charge in [0.2, 0.25) is 0 Å². The molecule has 0 atom stereocenters. The number of anilines is 1. The lowest BCUT2D eigenvalue weighted by molar-refractivity contribution is 0.367. The van der Waals surface area contributed by atoms with E-state index < -0.39 is 0 Å². The molecule has 6 nitrogen and oxygen atoms in total. The molecule has 24 heavy (non-hydrogen) atoms. The molecule has 3 aromatic rings. The Morgan fingerprint density at radius 1 is 1.29 bits per heavy atom. The first-order valence-corrected chi connectivity index (χ1v) is 8.37. The van der Waals surface area contributed by atoms with Gasteiger partial charge in [-0.25, -0.2) is 14.6 Å². The van der Waals surface area contributed by atoms with Crippen molar-refractivity contribution in [2.45, 2.75) is 13.8 Å². The fourth-order valence-electron chi connectivity index (χ4n) is 2.47. The Morgan fingerprint density at radius 3 is 2.88 bits per heavy atom. The van der Waals surface area contributed by atoms with Crippen LogP contribution in [0.3, 0.4) is 0 Å². The van der Waals surface area contributed by atoms with E-state index in [9.17, 15) is 0 Å². The molecule has 1 aromatic carbocycles. The maximum atomic E-state index is 6.10. The lowest BCUT2D eigenvalue weighted by atomic mass is 10.3. The minimum atomic E-state index is 0.669. The zero-order chi connectivity index (χ0) is 17.1. The molecule has 0 radical (unpaired) electrons. The van der Waals surface area contributed by atoms with E-state index in [1.165, 1.54) is 0 Å². The molecule has 0 saturated carbocycles. The predicted molar refractivity (Wildman–Crippen MR) is 98.1 cm³/mol. The molecular formula is C17H21ClN6. The van der Waals surface area contributed by atoms with Crippen LogP contribution in [0.4, 0.5) is 5.82 Å². The molecular weight excluding hydrogens is 324 g/mol. The molecule has 2 heterocycles. The summed E-state index contributed by atoms with van der Waals surface area (Å²) in [4.78, 5) is 11.3. The van der Waals surface area contributed by atoms with Crippen molar-refractivity contribution < 1.29 is 0 Å². The summed E-state index contributed by atoms with van der Waals surface area (Å²) in [6.07, 6.45) is 1.79. The van der Waals surface area contributed by atoms with Crippen molar-refractivity contribution >= 4 is 28.5 Å². The van der Waals surface area contributed by atoms with E-state index >= 15 is 0 Å². The maximum absolute atomic E-state index is 6.10. The summed E-state index contributed by atoms with van der Waals surface area (Å²) in [5.41, 5.74) is 1.66. The number of fused-ring (bicyclic) bond motifs is 1. The van der Waals surface area contributed by atoms with E-state index in [4.69, 9.17) is 11.6 Å². The number of halogens is 1. The van der Waals surface area contributed by atoms with E-state index in [0.29, 0.717) is 10.8 Å². The van der Waals surface area contributed by atoms with Crippen LogP contribution in [0.25, 0.3) is 16.7 Å². The van der Waals surface area contributed by atoms with Gasteiger partial charge in [0, 0.05) is 18.1 Å². The second-order valence-corrected chi connectivity index (χ2v) is 6.15. The van der Waals surface area contributed by atoms with E-state index in [0.717, 1.165) is 42.2 Å². The van der Waals surface area contributed by atoms with Crippen LogP contribution in [0.1, 0.15) is 12.7 Å². The topological polar surface area (TPSA) is 58.9 Å². The summed E-state index contributed by atoms with van der Waals surface area (Å²) in [5.74, 6) is 1.52. The van der Waals surface area contributed by atoms with Crippen LogP contribution in [0.2, 0.25) is 5.02 Å². The maximum Gasteiger partial charge on any atom is 0.168 e. The Labute approximate surface area is 146 Å². The van der Waals surface area contributed by atoms with Gasteiger partial charge in [0.1, 0.15) is 11.6 Å². The van der Waals surface area contributed by atoms with Gasteiger partial charge in [-0.1, -0.05) is 24.6 Å². The van der Waals surface area contributed by atoms with Crippen molar-refractivity contribution in [1.82, 2.24) is 24.6 Å². The highest BCUT2D eigenvalue weighted by Gasteiger charge is 2.13. The monoisotopic (exact) mass is 344 g/mol. The smallest absolute Gasteiger partial charge is 0.168 e. The van der Waals surface area contributed by atoms with E-state index in [1.54, 1.807) is 10.9 Å². The molecule has 126 valence electrons. The number of aryl methyl sites for hydroxylation is 1. The van der Waals surface area contributed by atoms with Crippen LogP contribution in [-0.4, -0.2) is 51.3 Å². The first-order chi connectivity index (χ1) is 11.6.